The molecule has 0 aliphatic carbocycles. The van der Waals surface area contributed by atoms with Crippen LogP contribution < -0.4 is 16.6 Å². The fourth-order valence-corrected chi connectivity index (χ4v) is 4.79. The summed E-state index contributed by atoms with van der Waals surface area (Å²) in [5.74, 6) is -0.403. The third-order valence-electron chi connectivity index (χ3n) is 5.57. The zero-order chi connectivity index (χ0) is 24.3. The molecule has 0 bridgehead atoms. The van der Waals surface area contributed by atoms with Crippen LogP contribution in [0, 0.1) is 0 Å². The molecule has 10 heteroatoms. The molecule has 0 saturated carbocycles. The molecule has 176 valence electrons. The number of nitrogens with one attached hydrogen (secondary N) is 1. The Morgan fingerprint density at radius 3 is 2.27 bits per heavy atom. The van der Waals surface area contributed by atoms with Gasteiger partial charge in [-0.25, -0.2) is 13.2 Å². The number of sulfonamides is 1. The van der Waals surface area contributed by atoms with Crippen LogP contribution in [0.1, 0.15) is 26.3 Å². The molecule has 33 heavy (non-hydrogen) atoms. The first-order valence-electron chi connectivity index (χ1n) is 10.6. The molecular formula is C23H28N4O5S. The Labute approximate surface area is 192 Å². The molecule has 0 spiro atoms. The Bertz CT molecular complexity index is 1390. The van der Waals surface area contributed by atoms with Gasteiger partial charge in [0.25, 0.3) is 5.56 Å². The first kappa shape index (κ1) is 24.4. The molecule has 1 amide bonds. The van der Waals surface area contributed by atoms with E-state index in [2.05, 4.69) is 5.32 Å². The number of hydrogen-bond acceptors (Lipinski definition) is 5. The quantitative estimate of drug-likeness (QED) is 0.535. The number of hydrogen-bond donors (Lipinski definition) is 1. The van der Waals surface area contributed by atoms with Gasteiger partial charge in [-0.2, -0.15) is 4.31 Å². The van der Waals surface area contributed by atoms with Gasteiger partial charge in [-0.3, -0.25) is 18.7 Å². The fraction of sp³-hybridized carbons (Fsp3) is 0.348. The molecule has 0 aliphatic rings. The van der Waals surface area contributed by atoms with Gasteiger partial charge in [0.1, 0.15) is 6.54 Å². The maximum atomic E-state index is 12.8. The number of carbonyl (C=O) groups is 1. The van der Waals surface area contributed by atoms with Crippen LogP contribution in [0.15, 0.2) is 63.0 Å². The van der Waals surface area contributed by atoms with Crippen molar-refractivity contribution < 1.29 is 13.2 Å². The summed E-state index contributed by atoms with van der Waals surface area (Å²) in [5, 5.41) is 3.12. The maximum Gasteiger partial charge on any atom is 0.331 e. The molecule has 0 fully saturated rings. The zero-order valence-electron chi connectivity index (χ0n) is 19.1. The van der Waals surface area contributed by atoms with Crippen molar-refractivity contribution in [1.29, 1.82) is 0 Å². The van der Waals surface area contributed by atoms with Gasteiger partial charge in [0.05, 0.1) is 15.8 Å². The Balaban J connectivity index is 1.76. The van der Waals surface area contributed by atoms with Crippen molar-refractivity contribution in [2.45, 2.75) is 51.3 Å². The summed E-state index contributed by atoms with van der Waals surface area (Å²) in [5.41, 5.74) is 0.189. The van der Waals surface area contributed by atoms with Gasteiger partial charge in [-0.05, 0) is 50.6 Å². The summed E-state index contributed by atoms with van der Waals surface area (Å²) in [7, 11) is -2.05. The second-order valence-corrected chi connectivity index (χ2v) is 9.97. The number of amides is 1. The van der Waals surface area contributed by atoms with Crippen molar-refractivity contribution in [2.75, 3.05) is 7.05 Å². The highest BCUT2D eigenvalue weighted by Crippen LogP contribution is 2.17. The van der Waals surface area contributed by atoms with E-state index in [-0.39, 0.29) is 36.1 Å². The number of rotatable bonds is 8. The summed E-state index contributed by atoms with van der Waals surface area (Å²) >= 11 is 0. The number of fused-ring (bicyclic) bond motifs is 1. The highest BCUT2D eigenvalue weighted by Gasteiger charge is 2.22. The Morgan fingerprint density at radius 1 is 1.03 bits per heavy atom. The molecule has 0 saturated heterocycles. The summed E-state index contributed by atoms with van der Waals surface area (Å²) in [4.78, 5) is 38.0. The van der Waals surface area contributed by atoms with Crippen LogP contribution in [0.2, 0.25) is 0 Å². The monoisotopic (exact) mass is 472 g/mol. The first-order chi connectivity index (χ1) is 15.6. The van der Waals surface area contributed by atoms with E-state index in [1.54, 1.807) is 57.2 Å². The smallest absolute Gasteiger partial charge is 0.331 e. The molecule has 1 heterocycles. The maximum absolute atomic E-state index is 12.8. The van der Waals surface area contributed by atoms with Gasteiger partial charge in [-0.1, -0.05) is 24.3 Å². The number of carbonyl (C=O) groups excluding carboxylic acids is 1. The van der Waals surface area contributed by atoms with E-state index >= 15 is 0 Å². The van der Waals surface area contributed by atoms with Crippen LogP contribution in [-0.4, -0.2) is 40.9 Å². The van der Waals surface area contributed by atoms with Gasteiger partial charge < -0.3 is 5.32 Å². The van der Waals surface area contributed by atoms with E-state index in [0.717, 1.165) is 4.57 Å². The van der Waals surface area contributed by atoms with Crippen LogP contribution >= 0.6 is 0 Å². The molecule has 1 aromatic heterocycles. The summed E-state index contributed by atoms with van der Waals surface area (Å²) in [6, 6.07) is 12.8. The predicted molar refractivity (Wildman–Crippen MR) is 127 cm³/mol. The summed E-state index contributed by atoms with van der Waals surface area (Å²) in [6.07, 6.45) is 0. The number of para-hydroxylation sites is 1. The molecule has 0 atom stereocenters. The lowest BCUT2D eigenvalue weighted by Crippen LogP contribution is -2.42. The third kappa shape index (κ3) is 4.91. The van der Waals surface area contributed by atoms with Crippen molar-refractivity contribution in [3.63, 3.8) is 0 Å². The Morgan fingerprint density at radius 2 is 1.67 bits per heavy atom. The van der Waals surface area contributed by atoms with E-state index in [9.17, 15) is 22.8 Å². The van der Waals surface area contributed by atoms with Crippen LogP contribution in [0.25, 0.3) is 10.9 Å². The molecular weight excluding hydrogens is 444 g/mol. The standard InChI is InChI=1S/C23H28N4O5S/c1-5-26-22(29)19-8-6-7-9-20(19)27(23(26)30)15-21(28)24-14-17-10-12-18(13-11-17)33(31,32)25(4)16(2)3/h6-13,16H,5,14-15H2,1-4H3,(H,24,28). The van der Waals surface area contributed by atoms with Crippen LogP contribution in [0.5, 0.6) is 0 Å². The van der Waals surface area contributed by atoms with E-state index < -0.39 is 21.6 Å². The lowest BCUT2D eigenvalue weighted by Gasteiger charge is -2.21. The number of aromatic nitrogens is 2. The first-order valence-corrected chi connectivity index (χ1v) is 12.1. The topological polar surface area (TPSA) is 110 Å². The summed E-state index contributed by atoms with van der Waals surface area (Å²) in [6.45, 7) is 5.41. The number of nitrogens with zero attached hydrogens (tertiary/aromatic N) is 3. The van der Waals surface area contributed by atoms with Gasteiger partial charge in [0.2, 0.25) is 15.9 Å². The van der Waals surface area contributed by atoms with Crippen molar-refractivity contribution in [2.24, 2.45) is 0 Å². The lowest BCUT2D eigenvalue weighted by atomic mass is 10.2. The van der Waals surface area contributed by atoms with Crippen molar-refractivity contribution in [3.8, 4) is 0 Å². The molecule has 9 nitrogen and oxygen atoms in total. The second-order valence-electron chi connectivity index (χ2n) is 7.97. The lowest BCUT2D eigenvalue weighted by molar-refractivity contribution is -0.121. The Kier molecular flexibility index (Phi) is 7.19. The average Bonchev–Trinajstić information content (AvgIpc) is 2.80. The molecule has 3 rings (SSSR count). The second kappa shape index (κ2) is 9.72. The SMILES string of the molecule is CCn1c(=O)c2ccccc2n(CC(=O)NCc2ccc(S(=O)(=O)N(C)C(C)C)cc2)c1=O. The van der Waals surface area contributed by atoms with Crippen LogP contribution in [0.3, 0.4) is 0 Å². The highest BCUT2D eigenvalue weighted by molar-refractivity contribution is 7.89. The molecule has 3 aromatic rings. The zero-order valence-corrected chi connectivity index (χ0v) is 19.9. The molecule has 1 N–H and O–H groups in total. The highest BCUT2D eigenvalue weighted by atomic mass is 32.2. The minimum absolute atomic E-state index is 0.166. The average molecular weight is 473 g/mol. The normalized spacial score (nSPS) is 11.9. The van der Waals surface area contributed by atoms with Gasteiger partial charge in [0, 0.05) is 26.2 Å². The number of benzene rings is 2. The fourth-order valence-electron chi connectivity index (χ4n) is 3.43. The van der Waals surface area contributed by atoms with E-state index in [4.69, 9.17) is 0 Å². The van der Waals surface area contributed by atoms with E-state index in [0.29, 0.717) is 16.5 Å². The van der Waals surface area contributed by atoms with Gasteiger partial charge in [-0.15, -0.1) is 0 Å². The van der Waals surface area contributed by atoms with Gasteiger partial charge in [0.15, 0.2) is 0 Å². The predicted octanol–water partition coefficient (Wildman–Crippen LogP) is 1.53. The third-order valence-corrected chi connectivity index (χ3v) is 7.62. The molecule has 0 radical (unpaired) electrons. The molecule has 0 aliphatic heterocycles. The van der Waals surface area contributed by atoms with E-state index in [1.165, 1.54) is 28.1 Å². The minimum atomic E-state index is -3.58. The molecule has 0 unspecified atom stereocenters. The van der Waals surface area contributed by atoms with Crippen molar-refractivity contribution >= 4 is 26.8 Å². The van der Waals surface area contributed by atoms with Crippen LogP contribution in [-0.2, 0) is 34.5 Å². The van der Waals surface area contributed by atoms with Gasteiger partial charge >= 0.3 is 5.69 Å². The van der Waals surface area contributed by atoms with Crippen molar-refractivity contribution in [3.05, 3.63) is 74.9 Å². The van der Waals surface area contributed by atoms with E-state index in [1.807, 2.05) is 0 Å². The van der Waals surface area contributed by atoms with Crippen molar-refractivity contribution in [1.82, 2.24) is 18.8 Å². The molecule has 2 aromatic carbocycles. The summed E-state index contributed by atoms with van der Waals surface area (Å²) < 4.78 is 28.8. The largest absolute Gasteiger partial charge is 0.350 e. The van der Waals surface area contributed by atoms with Crippen LogP contribution in [0.4, 0.5) is 0 Å². The Hall–Kier alpha value is -3.24. The minimum Gasteiger partial charge on any atom is -0.350 e.